The van der Waals surface area contributed by atoms with Gasteiger partial charge >= 0.3 is 5.97 Å². The Kier molecular flexibility index (Phi) is 12.0. The van der Waals surface area contributed by atoms with Crippen LogP contribution in [-0.4, -0.2) is 58.4 Å². The summed E-state index contributed by atoms with van der Waals surface area (Å²) < 4.78 is 5.79. The maximum absolute atomic E-state index is 13.3. The van der Waals surface area contributed by atoms with E-state index in [1.165, 1.54) is 5.01 Å². The van der Waals surface area contributed by atoms with Crippen molar-refractivity contribution in [2.75, 3.05) is 6.54 Å². The molecule has 1 aliphatic heterocycles. The number of carbonyl (C=O) groups excluding carboxylic acids is 4. The van der Waals surface area contributed by atoms with Gasteiger partial charge in [0.1, 0.15) is 24.2 Å². The van der Waals surface area contributed by atoms with Crippen molar-refractivity contribution in [3.63, 3.8) is 0 Å². The topological polar surface area (TPSA) is 130 Å². The number of pyridine rings is 1. The number of amides is 3. The van der Waals surface area contributed by atoms with E-state index in [9.17, 15) is 19.2 Å². The molecule has 0 spiro atoms. The Bertz CT molecular complexity index is 1360. The van der Waals surface area contributed by atoms with Crippen LogP contribution in [0.2, 0.25) is 0 Å². The van der Waals surface area contributed by atoms with E-state index in [0.717, 1.165) is 22.0 Å². The zero-order chi connectivity index (χ0) is 31.7. The lowest BCUT2D eigenvalue weighted by Crippen LogP contribution is -2.61. The first kappa shape index (κ1) is 33.5. The molecule has 0 aliphatic carbocycles. The molecule has 0 saturated carbocycles. The van der Waals surface area contributed by atoms with Gasteiger partial charge in [0.05, 0.1) is 11.6 Å². The molecule has 1 aromatic carbocycles. The Labute approximate surface area is 254 Å². The van der Waals surface area contributed by atoms with Crippen molar-refractivity contribution in [2.45, 2.75) is 85.0 Å². The molecular weight excluding hydrogens is 546 g/mol. The van der Waals surface area contributed by atoms with E-state index in [0.29, 0.717) is 25.8 Å². The quantitative estimate of drug-likeness (QED) is 0.249. The molecule has 1 unspecified atom stereocenters. The number of aromatic nitrogens is 1. The molecule has 0 radical (unpaired) electrons. The first-order chi connectivity index (χ1) is 20.5. The first-order valence-corrected chi connectivity index (χ1v) is 15.0. The maximum Gasteiger partial charge on any atom is 0.325 e. The summed E-state index contributed by atoms with van der Waals surface area (Å²) in [6.07, 6.45) is 8.28. The number of esters is 1. The molecule has 1 aromatic heterocycles. The number of carbonyl (C=O) groups is 4. The van der Waals surface area contributed by atoms with Crippen molar-refractivity contribution in [1.29, 1.82) is 0 Å². The second-order valence-corrected chi connectivity index (χ2v) is 11.3. The summed E-state index contributed by atoms with van der Waals surface area (Å²) in [4.78, 5) is 56.5. The predicted molar refractivity (Wildman–Crippen MR) is 167 cm³/mol. The molecule has 10 heteroatoms. The number of fused-ring (bicyclic) bond motifs is 1. The number of ether oxygens (including phenoxy) is 1. The third-order valence-electron chi connectivity index (χ3n) is 7.65. The number of hydrogen-bond acceptors (Lipinski definition) is 7. The van der Waals surface area contributed by atoms with Gasteiger partial charge in [0.15, 0.2) is 0 Å². The molecule has 3 N–H and O–H groups in total. The van der Waals surface area contributed by atoms with E-state index < -0.39 is 36.1 Å². The van der Waals surface area contributed by atoms with Gasteiger partial charge in [-0.15, -0.1) is 0 Å². The van der Waals surface area contributed by atoms with E-state index in [1.807, 2.05) is 65.0 Å². The summed E-state index contributed by atoms with van der Waals surface area (Å²) in [6.45, 7) is 15.0. The van der Waals surface area contributed by atoms with Gasteiger partial charge in [-0.25, -0.2) is 5.43 Å². The molecule has 232 valence electrons. The van der Waals surface area contributed by atoms with Crippen LogP contribution in [0.3, 0.4) is 0 Å². The zero-order valence-corrected chi connectivity index (χ0v) is 26.1. The smallest absolute Gasteiger partial charge is 0.325 e. The van der Waals surface area contributed by atoms with Crippen molar-refractivity contribution >= 4 is 40.5 Å². The summed E-state index contributed by atoms with van der Waals surface area (Å²) in [6, 6.07) is 5.35. The lowest BCUT2D eigenvalue weighted by Gasteiger charge is -2.35. The average molecular weight is 592 g/mol. The maximum atomic E-state index is 13.3. The van der Waals surface area contributed by atoms with Gasteiger partial charge in [-0.05, 0) is 75.1 Å². The molecule has 10 nitrogen and oxygen atoms in total. The standard InChI is InChI=1S/C33H45N5O5/c1-8-12-23(9-2)30(39)36-29(20(4)5)31(40)35-21(6)32(41)38-16-11-13-28(37-38)33(42)43-22(7)24-14-15-25-19-34-27(10-3)18-26(25)17-24/h8,10,12,14-15,17-23,28-29,37H,3,9,11,13,16H2,1-2,4-7H3,(H,35,40)(H,36,39)/b12-8+/t21-,22+,23+,28?,29-/m0/s1. The second kappa shape index (κ2) is 15.4. The summed E-state index contributed by atoms with van der Waals surface area (Å²) in [5.41, 5.74) is 4.59. The Morgan fingerprint density at radius 2 is 1.86 bits per heavy atom. The number of hydrazine groups is 1. The SMILES string of the molecule is C=Cc1cc2cc([C@@H](C)OC(=O)C3CCCN(C(=O)[C@H](C)NC(=O)[C@@H](NC(=O)[C@@H](/C=C/C)CC)C(C)C)N3)ccc2cn1. The van der Waals surface area contributed by atoms with Crippen LogP contribution in [0, 0.1) is 11.8 Å². The highest BCUT2D eigenvalue weighted by molar-refractivity contribution is 5.93. The predicted octanol–water partition coefficient (Wildman–Crippen LogP) is 4.23. The summed E-state index contributed by atoms with van der Waals surface area (Å²) >= 11 is 0. The Hall–Kier alpha value is -4.05. The van der Waals surface area contributed by atoms with E-state index >= 15 is 0 Å². The van der Waals surface area contributed by atoms with Gasteiger partial charge in [-0.1, -0.05) is 51.6 Å². The number of hydrogen-bond donors (Lipinski definition) is 3. The largest absolute Gasteiger partial charge is 0.457 e. The highest BCUT2D eigenvalue weighted by Gasteiger charge is 2.34. The molecule has 2 heterocycles. The van der Waals surface area contributed by atoms with Crippen molar-refractivity contribution in [2.24, 2.45) is 11.8 Å². The normalized spacial score (nSPS) is 18.1. The highest BCUT2D eigenvalue weighted by atomic mass is 16.5. The number of allylic oxidation sites excluding steroid dienone is 1. The Balaban J connectivity index is 1.59. The molecule has 43 heavy (non-hydrogen) atoms. The van der Waals surface area contributed by atoms with Crippen LogP contribution in [0.4, 0.5) is 0 Å². The highest BCUT2D eigenvalue weighted by Crippen LogP contribution is 2.24. The van der Waals surface area contributed by atoms with Crippen molar-refractivity contribution < 1.29 is 23.9 Å². The Morgan fingerprint density at radius 1 is 1.12 bits per heavy atom. The van der Waals surface area contributed by atoms with Gasteiger partial charge in [-0.3, -0.25) is 29.2 Å². The molecule has 3 amide bonds. The minimum Gasteiger partial charge on any atom is -0.457 e. The fourth-order valence-corrected chi connectivity index (χ4v) is 5.02. The second-order valence-electron chi connectivity index (χ2n) is 11.3. The van der Waals surface area contributed by atoms with Gasteiger partial charge in [0.2, 0.25) is 11.8 Å². The average Bonchev–Trinajstić information content (AvgIpc) is 3.00. The van der Waals surface area contributed by atoms with Gasteiger partial charge in [0, 0.05) is 18.1 Å². The molecular formula is C33H45N5O5. The van der Waals surface area contributed by atoms with Crippen LogP contribution < -0.4 is 16.1 Å². The number of nitrogens with one attached hydrogen (secondary N) is 3. The van der Waals surface area contributed by atoms with Crippen LogP contribution in [0.25, 0.3) is 16.8 Å². The van der Waals surface area contributed by atoms with Crippen LogP contribution >= 0.6 is 0 Å². The third kappa shape index (κ3) is 8.73. The summed E-state index contributed by atoms with van der Waals surface area (Å²) in [5.74, 6) is -2.03. The zero-order valence-electron chi connectivity index (χ0n) is 26.1. The molecule has 1 aliphatic rings. The minimum atomic E-state index is -0.878. The fourth-order valence-electron chi connectivity index (χ4n) is 5.02. The van der Waals surface area contributed by atoms with E-state index in [4.69, 9.17) is 4.74 Å². The van der Waals surface area contributed by atoms with Crippen molar-refractivity contribution in [3.05, 3.63) is 60.5 Å². The molecule has 1 saturated heterocycles. The monoisotopic (exact) mass is 591 g/mol. The van der Waals surface area contributed by atoms with Gasteiger partial charge in [-0.2, -0.15) is 0 Å². The summed E-state index contributed by atoms with van der Waals surface area (Å²) in [7, 11) is 0. The van der Waals surface area contributed by atoms with Crippen LogP contribution in [0.15, 0.2) is 49.2 Å². The number of rotatable bonds is 12. The first-order valence-electron chi connectivity index (χ1n) is 15.0. The Morgan fingerprint density at radius 3 is 2.51 bits per heavy atom. The van der Waals surface area contributed by atoms with Crippen LogP contribution in [-0.2, 0) is 23.9 Å². The van der Waals surface area contributed by atoms with Crippen molar-refractivity contribution in [3.8, 4) is 0 Å². The molecule has 0 bridgehead atoms. The third-order valence-corrected chi connectivity index (χ3v) is 7.65. The van der Waals surface area contributed by atoms with Crippen LogP contribution in [0.1, 0.15) is 78.2 Å². The summed E-state index contributed by atoms with van der Waals surface area (Å²) in [5, 5.41) is 8.88. The lowest BCUT2D eigenvalue weighted by atomic mass is 9.99. The van der Waals surface area contributed by atoms with E-state index in [1.54, 1.807) is 25.3 Å². The molecule has 1 fully saturated rings. The molecule has 2 aromatic rings. The lowest BCUT2D eigenvalue weighted by molar-refractivity contribution is -0.157. The molecule has 3 rings (SSSR count). The van der Waals surface area contributed by atoms with Gasteiger partial charge in [0.25, 0.3) is 5.91 Å². The van der Waals surface area contributed by atoms with Crippen molar-refractivity contribution in [1.82, 2.24) is 26.1 Å². The van der Waals surface area contributed by atoms with E-state index in [-0.39, 0.29) is 23.7 Å². The van der Waals surface area contributed by atoms with E-state index in [2.05, 4.69) is 27.6 Å². The van der Waals surface area contributed by atoms with Crippen LogP contribution in [0.5, 0.6) is 0 Å². The minimum absolute atomic E-state index is 0.188. The number of nitrogens with zero attached hydrogens (tertiary/aromatic N) is 2. The molecule has 5 atom stereocenters. The number of benzene rings is 1. The van der Waals surface area contributed by atoms with Gasteiger partial charge < -0.3 is 15.4 Å². The fraction of sp³-hybridized carbons (Fsp3) is 0.485.